The number of hydrogen-bond acceptors (Lipinski definition) is 5. The van der Waals surface area contributed by atoms with Crippen molar-refractivity contribution in [2.45, 2.75) is 19.9 Å². The van der Waals surface area contributed by atoms with Crippen LogP contribution in [0.15, 0.2) is 34.0 Å². The topological polar surface area (TPSA) is 64.0 Å². The summed E-state index contributed by atoms with van der Waals surface area (Å²) in [5.74, 6) is -0.169. The van der Waals surface area contributed by atoms with Gasteiger partial charge in [0.15, 0.2) is 0 Å². The van der Waals surface area contributed by atoms with Crippen molar-refractivity contribution in [3.8, 4) is 10.4 Å². The number of hydrogen-bond donors (Lipinski definition) is 1. The fraction of sp³-hybridized carbons (Fsp3) is 0.267. The maximum Gasteiger partial charge on any atom is 0.263 e. The van der Waals surface area contributed by atoms with Crippen molar-refractivity contribution in [3.63, 3.8) is 0 Å². The number of carbonyl (C=O) groups is 1. The minimum absolute atomic E-state index is 0.00149. The van der Waals surface area contributed by atoms with Crippen LogP contribution in [0.5, 0.6) is 0 Å². The molecular formula is C15H15N3O2S2. The van der Waals surface area contributed by atoms with Crippen LogP contribution in [0.4, 0.5) is 0 Å². The Balaban J connectivity index is 2.00. The van der Waals surface area contributed by atoms with E-state index in [9.17, 15) is 9.59 Å². The molecule has 7 heteroatoms. The number of carbonyl (C=O) groups excluding carboxylic acids is 1. The molecule has 0 unspecified atom stereocenters. The molecule has 3 rings (SSSR count). The van der Waals surface area contributed by atoms with Crippen LogP contribution in [0.1, 0.15) is 13.3 Å². The molecule has 1 amide bonds. The normalized spacial score (nSPS) is 11.0. The third kappa shape index (κ3) is 2.82. The molecule has 3 aromatic rings. The van der Waals surface area contributed by atoms with Gasteiger partial charge < -0.3 is 5.32 Å². The van der Waals surface area contributed by atoms with Crippen molar-refractivity contribution in [2.24, 2.45) is 0 Å². The second kappa shape index (κ2) is 6.41. The van der Waals surface area contributed by atoms with Crippen molar-refractivity contribution in [3.05, 3.63) is 39.6 Å². The maximum absolute atomic E-state index is 12.7. The van der Waals surface area contributed by atoms with Crippen LogP contribution >= 0.6 is 22.7 Å². The van der Waals surface area contributed by atoms with Crippen LogP contribution in [0.3, 0.4) is 0 Å². The summed E-state index contributed by atoms with van der Waals surface area (Å²) in [5, 5.41) is 7.29. The van der Waals surface area contributed by atoms with E-state index in [0.717, 1.165) is 16.9 Å². The van der Waals surface area contributed by atoms with E-state index in [-0.39, 0.29) is 18.0 Å². The molecule has 1 N–H and O–H groups in total. The average molecular weight is 333 g/mol. The summed E-state index contributed by atoms with van der Waals surface area (Å²) >= 11 is 3.04. The highest BCUT2D eigenvalue weighted by Gasteiger charge is 2.14. The molecule has 3 heterocycles. The number of fused-ring (bicyclic) bond motifs is 1. The monoisotopic (exact) mass is 333 g/mol. The summed E-state index contributed by atoms with van der Waals surface area (Å²) in [6.07, 6.45) is 2.32. The lowest BCUT2D eigenvalue weighted by Gasteiger charge is -2.06. The molecule has 0 radical (unpaired) electrons. The Kier molecular flexibility index (Phi) is 4.35. The highest BCUT2D eigenvalue weighted by atomic mass is 32.1. The van der Waals surface area contributed by atoms with Crippen LogP contribution < -0.4 is 10.9 Å². The predicted octanol–water partition coefficient (Wildman–Crippen LogP) is 2.71. The second-order valence-electron chi connectivity index (χ2n) is 4.83. The standard InChI is InChI=1S/C15H15N3O2S2/c1-2-5-16-12(19)7-18-9-17-14-13(15(18)20)10(8-22-14)11-4-3-6-21-11/h3-4,6,8-9H,2,5,7H2,1H3,(H,16,19). The fourth-order valence-corrected chi connectivity index (χ4v) is 3.89. The number of thiophene rings is 2. The van der Waals surface area contributed by atoms with Crippen LogP contribution in [0.25, 0.3) is 20.7 Å². The molecule has 0 aromatic carbocycles. The maximum atomic E-state index is 12.7. The summed E-state index contributed by atoms with van der Waals surface area (Å²) in [6.45, 7) is 2.60. The third-order valence-electron chi connectivity index (χ3n) is 3.23. The van der Waals surface area contributed by atoms with Gasteiger partial charge in [-0.1, -0.05) is 13.0 Å². The number of amides is 1. The molecule has 5 nitrogen and oxygen atoms in total. The molecule has 0 saturated heterocycles. The average Bonchev–Trinajstić information content (AvgIpc) is 3.16. The zero-order valence-corrected chi connectivity index (χ0v) is 13.7. The predicted molar refractivity (Wildman–Crippen MR) is 90.5 cm³/mol. The van der Waals surface area contributed by atoms with Gasteiger partial charge in [0.2, 0.25) is 5.91 Å². The van der Waals surface area contributed by atoms with Gasteiger partial charge in [-0.3, -0.25) is 14.2 Å². The van der Waals surface area contributed by atoms with Gasteiger partial charge in [0.1, 0.15) is 11.4 Å². The second-order valence-corrected chi connectivity index (χ2v) is 6.64. The smallest absolute Gasteiger partial charge is 0.263 e. The highest BCUT2D eigenvalue weighted by molar-refractivity contribution is 7.18. The third-order valence-corrected chi connectivity index (χ3v) is 5.02. The van der Waals surface area contributed by atoms with Crippen molar-refractivity contribution in [2.75, 3.05) is 6.54 Å². The van der Waals surface area contributed by atoms with E-state index in [1.165, 1.54) is 22.2 Å². The van der Waals surface area contributed by atoms with Crippen LogP contribution in [-0.4, -0.2) is 22.0 Å². The number of aromatic nitrogens is 2. The molecule has 3 aromatic heterocycles. The quantitative estimate of drug-likeness (QED) is 0.781. The molecule has 0 aliphatic carbocycles. The largest absolute Gasteiger partial charge is 0.355 e. The van der Waals surface area contributed by atoms with E-state index in [4.69, 9.17) is 0 Å². The zero-order chi connectivity index (χ0) is 15.5. The molecule has 22 heavy (non-hydrogen) atoms. The Morgan fingerprint density at radius 1 is 1.41 bits per heavy atom. The van der Waals surface area contributed by atoms with Gasteiger partial charge in [-0.25, -0.2) is 4.98 Å². The molecule has 0 aliphatic heterocycles. The first-order valence-electron chi connectivity index (χ1n) is 6.98. The molecule has 0 atom stereocenters. The van der Waals surface area contributed by atoms with Gasteiger partial charge in [0.25, 0.3) is 5.56 Å². The van der Waals surface area contributed by atoms with Gasteiger partial charge in [-0.05, 0) is 17.9 Å². The van der Waals surface area contributed by atoms with Crippen LogP contribution in [0, 0.1) is 0 Å². The molecular weight excluding hydrogens is 318 g/mol. The summed E-state index contributed by atoms with van der Waals surface area (Å²) in [6, 6.07) is 3.94. The number of nitrogens with one attached hydrogen (secondary N) is 1. The summed E-state index contributed by atoms with van der Waals surface area (Å²) in [5.41, 5.74) is 0.733. The molecule has 0 saturated carbocycles. The Bertz CT molecular complexity index is 849. The SMILES string of the molecule is CCCNC(=O)Cn1cnc2scc(-c3cccs3)c2c1=O. The van der Waals surface area contributed by atoms with E-state index < -0.39 is 0 Å². The number of rotatable bonds is 5. The molecule has 114 valence electrons. The lowest BCUT2D eigenvalue weighted by molar-refractivity contribution is -0.121. The van der Waals surface area contributed by atoms with Crippen LogP contribution in [-0.2, 0) is 11.3 Å². The summed E-state index contributed by atoms with van der Waals surface area (Å²) in [7, 11) is 0. The summed E-state index contributed by atoms with van der Waals surface area (Å²) < 4.78 is 1.37. The Labute approximate surface area is 135 Å². The van der Waals surface area contributed by atoms with E-state index in [2.05, 4.69) is 10.3 Å². The Morgan fingerprint density at radius 2 is 2.27 bits per heavy atom. The van der Waals surface area contributed by atoms with E-state index in [1.54, 1.807) is 11.3 Å². The van der Waals surface area contributed by atoms with Gasteiger partial charge in [-0.2, -0.15) is 0 Å². The van der Waals surface area contributed by atoms with Gasteiger partial charge in [0, 0.05) is 22.4 Å². The first-order valence-corrected chi connectivity index (χ1v) is 8.74. The molecule has 0 spiro atoms. The lowest BCUT2D eigenvalue weighted by atomic mass is 10.2. The molecule has 0 fully saturated rings. The Hall–Kier alpha value is -1.99. The summed E-state index contributed by atoms with van der Waals surface area (Å²) in [4.78, 5) is 30.5. The molecule has 0 bridgehead atoms. The van der Waals surface area contributed by atoms with Crippen molar-refractivity contribution >= 4 is 38.8 Å². The van der Waals surface area contributed by atoms with Crippen molar-refractivity contribution in [1.29, 1.82) is 0 Å². The highest BCUT2D eigenvalue weighted by Crippen LogP contribution is 2.33. The minimum Gasteiger partial charge on any atom is -0.355 e. The van der Waals surface area contributed by atoms with Gasteiger partial charge in [0.05, 0.1) is 11.7 Å². The first-order chi connectivity index (χ1) is 10.7. The number of nitrogens with zero attached hydrogens (tertiary/aromatic N) is 2. The van der Waals surface area contributed by atoms with Crippen molar-refractivity contribution in [1.82, 2.24) is 14.9 Å². The molecule has 0 aliphatic rings. The van der Waals surface area contributed by atoms with Crippen molar-refractivity contribution < 1.29 is 4.79 Å². The Morgan fingerprint density at radius 3 is 3.00 bits per heavy atom. The van der Waals surface area contributed by atoms with Gasteiger partial charge in [-0.15, -0.1) is 22.7 Å². The first kappa shape index (κ1) is 14.9. The van der Waals surface area contributed by atoms with Crippen LogP contribution in [0.2, 0.25) is 0 Å². The fourth-order valence-electron chi connectivity index (χ4n) is 2.17. The zero-order valence-electron chi connectivity index (χ0n) is 12.0. The minimum atomic E-state index is -0.169. The van der Waals surface area contributed by atoms with E-state index in [0.29, 0.717) is 16.8 Å². The van der Waals surface area contributed by atoms with E-state index >= 15 is 0 Å². The lowest BCUT2D eigenvalue weighted by Crippen LogP contribution is -2.32. The van der Waals surface area contributed by atoms with Gasteiger partial charge >= 0.3 is 0 Å². The van der Waals surface area contributed by atoms with E-state index in [1.807, 2.05) is 29.8 Å².